The molecular weight excluding hydrogens is 232 g/mol. The van der Waals surface area contributed by atoms with Crippen LogP contribution in [-0.4, -0.2) is 6.10 Å². The molecule has 108 valence electrons. The maximum absolute atomic E-state index is 6.11. The number of ether oxygens (including phenoxy) is 1. The lowest BCUT2D eigenvalue weighted by molar-refractivity contribution is 0.0264. The van der Waals surface area contributed by atoms with E-state index in [2.05, 4.69) is 44.2 Å². The van der Waals surface area contributed by atoms with Crippen LogP contribution in [0.5, 0.6) is 0 Å². The molecule has 0 bridgehead atoms. The molecule has 0 aliphatic carbocycles. The Morgan fingerprint density at radius 2 is 1.53 bits per heavy atom. The van der Waals surface area contributed by atoms with Gasteiger partial charge in [0.2, 0.25) is 0 Å². The summed E-state index contributed by atoms with van der Waals surface area (Å²) in [5, 5.41) is 0. The summed E-state index contributed by atoms with van der Waals surface area (Å²) in [6.45, 7) is 5.29. The van der Waals surface area contributed by atoms with Crippen molar-refractivity contribution in [1.82, 2.24) is 0 Å². The van der Waals surface area contributed by atoms with E-state index < -0.39 is 0 Å². The van der Waals surface area contributed by atoms with E-state index >= 15 is 0 Å². The summed E-state index contributed by atoms with van der Waals surface area (Å²) < 4.78 is 6.11. The molecule has 0 aliphatic rings. The second-order valence-electron chi connectivity index (χ2n) is 5.41. The molecule has 1 atom stereocenters. The highest BCUT2D eigenvalue weighted by Crippen LogP contribution is 2.16. The Bertz CT molecular complexity index is 294. The van der Waals surface area contributed by atoms with Crippen LogP contribution in [0.4, 0.5) is 0 Å². The fraction of sp³-hybridized carbons (Fsp3) is 0.667. The fourth-order valence-corrected chi connectivity index (χ4v) is 2.33. The van der Waals surface area contributed by atoms with Gasteiger partial charge < -0.3 is 4.74 Å². The van der Waals surface area contributed by atoms with Gasteiger partial charge in [0.1, 0.15) is 0 Å². The molecule has 0 radical (unpaired) electrons. The quantitative estimate of drug-likeness (QED) is 0.462. The first-order valence-corrected chi connectivity index (χ1v) is 8.02. The zero-order chi connectivity index (χ0) is 13.8. The van der Waals surface area contributed by atoms with Crippen molar-refractivity contribution >= 4 is 0 Å². The molecule has 1 rings (SSSR count). The van der Waals surface area contributed by atoms with Crippen molar-refractivity contribution in [2.24, 2.45) is 0 Å². The molecule has 0 N–H and O–H groups in total. The van der Waals surface area contributed by atoms with Crippen molar-refractivity contribution in [2.75, 3.05) is 0 Å². The van der Waals surface area contributed by atoms with Gasteiger partial charge in [0.15, 0.2) is 0 Å². The highest BCUT2D eigenvalue weighted by Gasteiger charge is 2.08. The van der Waals surface area contributed by atoms with E-state index in [9.17, 15) is 0 Å². The third-order valence-electron chi connectivity index (χ3n) is 3.59. The largest absolute Gasteiger partial charge is 0.374 e. The Labute approximate surface area is 119 Å². The molecule has 0 saturated heterocycles. The Hall–Kier alpha value is -0.820. The van der Waals surface area contributed by atoms with Crippen LogP contribution in [0, 0.1) is 0 Å². The minimum Gasteiger partial charge on any atom is -0.374 e. The summed E-state index contributed by atoms with van der Waals surface area (Å²) in [4.78, 5) is 0. The summed E-state index contributed by atoms with van der Waals surface area (Å²) >= 11 is 0. The van der Waals surface area contributed by atoms with E-state index in [1.807, 2.05) is 0 Å². The molecule has 0 amide bonds. The molecule has 0 aromatic heterocycles. The second kappa shape index (κ2) is 11.0. The van der Waals surface area contributed by atoms with Crippen LogP contribution >= 0.6 is 0 Å². The maximum atomic E-state index is 6.11. The topological polar surface area (TPSA) is 9.23 Å². The Morgan fingerprint density at radius 1 is 0.842 bits per heavy atom. The van der Waals surface area contributed by atoms with Crippen molar-refractivity contribution in [2.45, 2.75) is 77.9 Å². The summed E-state index contributed by atoms with van der Waals surface area (Å²) in [5.41, 5.74) is 1.29. The van der Waals surface area contributed by atoms with Gasteiger partial charge >= 0.3 is 0 Å². The summed E-state index contributed by atoms with van der Waals surface area (Å²) in [7, 11) is 0. The SMILES string of the molecule is CCCCCCC(CCCC)OCc1ccccc1. The lowest BCUT2D eigenvalue weighted by atomic mass is 10.0. The number of rotatable bonds is 11. The van der Waals surface area contributed by atoms with Gasteiger partial charge in [0.05, 0.1) is 12.7 Å². The zero-order valence-electron chi connectivity index (χ0n) is 12.7. The molecule has 19 heavy (non-hydrogen) atoms. The van der Waals surface area contributed by atoms with E-state index in [1.54, 1.807) is 0 Å². The lowest BCUT2D eigenvalue weighted by Crippen LogP contribution is -2.13. The van der Waals surface area contributed by atoms with Crippen LogP contribution in [-0.2, 0) is 11.3 Å². The van der Waals surface area contributed by atoms with Crippen molar-refractivity contribution < 1.29 is 4.74 Å². The summed E-state index contributed by atoms with van der Waals surface area (Å²) in [6.07, 6.45) is 10.8. The molecule has 0 fully saturated rings. The smallest absolute Gasteiger partial charge is 0.0720 e. The highest BCUT2D eigenvalue weighted by molar-refractivity contribution is 5.13. The van der Waals surface area contributed by atoms with Gasteiger partial charge in [-0.2, -0.15) is 0 Å². The zero-order valence-corrected chi connectivity index (χ0v) is 12.7. The molecule has 1 nitrogen and oxygen atoms in total. The van der Waals surface area contributed by atoms with Gasteiger partial charge in [-0.1, -0.05) is 82.7 Å². The van der Waals surface area contributed by atoms with Crippen molar-refractivity contribution in [1.29, 1.82) is 0 Å². The second-order valence-corrected chi connectivity index (χ2v) is 5.41. The van der Waals surface area contributed by atoms with Gasteiger partial charge in [-0.25, -0.2) is 0 Å². The van der Waals surface area contributed by atoms with Crippen LogP contribution in [0.15, 0.2) is 30.3 Å². The van der Waals surface area contributed by atoms with Gasteiger partial charge in [-0.3, -0.25) is 0 Å². The summed E-state index contributed by atoms with van der Waals surface area (Å²) in [5.74, 6) is 0. The highest BCUT2D eigenvalue weighted by atomic mass is 16.5. The molecule has 0 saturated carbocycles. The first kappa shape index (κ1) is 16.2. The van der Waals surface area contributed by atoms with E-state index in [0.717, 1.165) is 6.61 Å². The Morgan fingerprint density at radius 3 is 2.21 bits per heavy atom. The molecule has 0 heterocycles. The predicted molar refractivity (Wildman–Crippen MR) is 83.3 cm³/mol. The van der Waals surface area contributed by atoms with Crippen LogP contribution < -0.4 is 0 Å². The van der Waals surface area contributed by atoms with Crippen LogP contribution in [0.2, 0.25) is 0 Å². The van der Waals surface area contributed by atoms with Gasteiger partial charge in [0, 0.05) is 0 Å². The number of benzene rings is 1. The van der Waals surface area contributed by atoms with Crippen LogP contribution in [0.3, 0.4) is 0 Å². The molecular formula is C18H30O. The molecule has 1 aromatic rings. The minimum absolute atomic E-state index is 0.456. The molecule has 0 aliphatic heterocycles. The van der Waals surface area contributed by atoms with E-state index in [0.29, 0.717) is 6.10 Å². The summed E-state index contributed by atoms with van der Waals surface area (Å²) in [6, 6.07) is 10.5. The molecule has 1 heteroatoms. The first-order valence-electron chi connectivity index (χ1n) is 8.02. The molecule has 0 spiro atoms. The third-order valence-corrected chi connectivity index (χ3v) is 3.59. The van der Waals surface area contributed by atoms with E-state index in [1.165, 1.54) is 56.9 Å². The number of hydrogen-bond acceptors (Lipinski definition) is 1. The lowest BCUT2D eigenvalue weighted by Gasteiger charge is -2.18. The van der Waals surface area contributed by atoms with E-state index in [4.69, 9.17) is 4.74 Å². The van der Waals surface area contributed by atoms with E-state index in [-0.39, 0.29) is 0 Å². The first-order chi connectivity index (χ1) is 9.36. The maximum Gasteiger partial charge on any atom is 0.0720 e. The number of hydrogen-bond donors (Lipinski definition) is 0. The monoisotopic (exact) mass is 262 g/mol. The van der Waals surface area contributed by atoms with Crippen molar-refractivity contribution in [3.8, 4) is 0 Å². The molecule has 1 unspecified atom stereocenters. The normalized spacial score (nSPS) is 12.5. The Balaban J connectivity index is 2.27. The van der Waals surface area contributed by atoms with Crippen LogP contribution in [0.25, 0.3) is 0 Å². The predicted octanol–water partition coefficient (Wildman–Crippen LogP) is 5.73. The third kappa shape index (κ3) is 8.05. The van der Waals surface area contributed by atoms with Gasteiger partial charge in [-0.05, 0) is 18.4 Å². The fourth-order valence-electron chi connectivity index (χ4n) is 2.33. The molecule has 1 aromatic carbocycles. The van der Waals surface area contributed by atoms with Gasteiger partial charge in [-0.15, -0.1) is 0 Å². The van der Waals surface area contributed by atoms with Crippen molar-refractivity contribution in [3.63, 3.8) is 0 Å². The Kier molecular flexibility index (Phi) is 9.44. The average molecular weight is 262 g/mol. The van der Waals surface area contributed by atoms with Gasteiger partial charge in [0.25, 0.3) is 0 Å². The standard InChI is InChI=1S/C18H30O/c1-3-5-7-11-15-18(14-6-4-2)19-16-17-12-9-8-10-13-17/h8-10,12-13,18H,3-7,11,14-16H2,1-2H3. The average Bonchev–Trinajstić information content (AvgIpc) is 2.46. The van der Waals surface area contributed by atoms with Crippen LogP contribution in [0.1, 0.15) is 70.8 Å². The van der Waals surface area contributed by atoms with Crippen molar-refractivity contribution in [3.05, 3.63) is 35.9 Å². The number of unbranched alkanes of at least 4 members (excludes halogenated alkanes) is 4. The minimum atomic E-state index is 0.456.